The van der Waals surface area contributed by atoms with Gasteiger partial charge in [0.25, 0.3) is 0 Å². The second-order valence-corrected chi connectivity index (χ2v) is 6.31. The van der Waals surface area contributed by atoms with E-state index in [0.29, 0.717) is 6.42 Å². The summed E-state index contributed by atoms with van der Waals surface area (Å²) in [5.74, 6) is 5.75. The average Bonchev–Trinajstić information content (AvgIpc) is 2.72. The quantitative estimate of drug-likeness (QED) is 0.622. The Kier molecular flexibility index (Phi) is 5.43. The zero-order valence-corrected chi connectivity index (χ0v) is 14.8. The summed E-state index contributed by atoms with van der Waals surface area (Å²) in [5.41, 5.74) is 7.11. The highest BCUT2D eigenvalue weighted by Gasteiger charge is 2.20. The lowest BCUT2D eigenvalue weighted by molar-refractivity contribution is 0.516. The molecule has 4 nitrogen and oxygen atoms in total. The molecule has 1 heterocycles. The van der Waals surface area contributed by atoms with Crippen LogP contribution >= 0.6 is 27.5 Å². The summed E-state index contributed by atoms with van der Waals surface area (Å²) in [6.07, 6.45) is 0.717. The number of benzene rings is 1. The molecule has 114 valence electrons. The number of aryl methyl sites for hydroxylation is 3. The minimum Gasteiger partial charge on any atom is -0.271 e. The van der Waals surface area contributed by atoms with Crippen molar-refractivity contribution in [1.29, 1.82) is 0 Å². The van der Waals surface area contributed by atoms with Gasteiger partial charge in [-0.15, -0.1) is 0 Å². The van der Waals surface area contributed by atoms with Gasteiger partial charge in [0.05, 0.1) is 21.9 Å². The second kappa shape index (κ2) is 6.92. The number of hydrogen-bond acceptors (Lipinski definition) is 3. The molecule has 6 heteroatoms. The molecule has 0 radical (unpaired) electrons. The molecule has 0 saturated carbocycles. The van der Waals surface area contributed by atoms with Crippen molar-refractivity contribution >= 4 is 27.5 Å². The Labute approximate surface area is 138 Å². The van der Waals surface area contributed by atoms with Gasteiger partial charge < -0.3 is 0 Å². The average molecular weight is 372 g/mol. The van der Waals surface area contributed by atoms with Crippen LogP contribution in [-0.4, -0.2) is 9.78 Å². The lowest BCUT2D eigenvalue weighted by Gasteiger charge is -2.19. The molecule has 1 aromatic carbocycles. The molecule has 21 heavy (non-hydrogen) atoms. The molecule has 0 aliphatic carbocycles. The third kappa shape index (κ3) is 3.48. The zero-order chi connectivity index (χ0) is 15.6. The van der Waals surface area contributed by atoms with Gasteiger partial charge in [0.15, 0.2) is 0 Å². The van der Waals surface area contributed by atoms with Gasteiger partial charge in [0.2, 0.25) is 0 Å². The fourth-order valence-electron chi connectivity index (χ4n) is 2.43. The van der Waals surface area contributed by atoms with Crippen LogP contribution in [0.4, 0.5) is 0 Å². The molecule has 0 aliphatic rings. The van der Waals surface area contributed by atoms with Crippen LogP contribution in [0.25, 0.3) is 0 Å². The number of nitrogens with two attached hydrogens (primary N) is 1. The summed E-state index contributed by atoms with van der Waals surface area (Å²) in [7, 11) is 0. The maximum Gasteiger partial charge on any atom is 0.0738 e. The molecule has 3 N–H and O–H groups in total. The summed E-state index contributed by atoms with van der Waals surface area (Å²) in [6, 6.07) is 5.97. The lowest BCUT2D eigenvalue weighted by atomic mass is 10.0. The van der Waals surface area contributed by atoms with Gasteiger partial charge in [0.1, 0.15) is 0 Å². The number of hydrazine groups is 1. The molecule has 0 amide bonds. The van der Waals surface area contributed by atoms with E-state index in [4.69, 9.17) is 17.4 Å². The number of nitrogens with zero attached hydrogens (tertiary/aromatic N) is 2. The summed E-state index contributed by atoms with van der Waals surface area (Å²) < 4.78 is 3.03. The Balaban J connectivity index is 2.35. The summed E-state index contributed by atoms with van der Waals surface area (Å²) in [4.78, 5) is 0. The summed E-state index contributed by atoms with van der Waals surface area (Å²) >= 11 is 9.98. The zero-order valence-electron chi connectivity index (χ0n) is 12.5. The van der Waals surface area contributed by atoms with Crippen molar-refractivity contribution in [2.24, 2.45) is 5.84 Å². The Morgan fingerprint density at radius 1 is 1.43 bits per heavy atom. The molecule has 0 saturated heterocycles. The third-order valence-electron chi connectivity index (χ3n) is 3.58. The maximum absolute atomic E-state index is 6.36. The van der Waals surface area contributed by atoms with E-state index in [9.17, 15) is 0 Å². The van der Waals surface area contributed by atoms with Crippen LogP contribution in [0.1, 0.15) is 35.5 Å². The van der Waals surface area contributed by atoms with Crippen molar-refractivity contribution in [1.82, 2.24) is 15.2 Å². The van der Waals surface area contributed by atoms with Gasteiger partial charge in [-0.25, -0.2) is 0 Å². The maximum atomic E-state index is 6.36. The number of halogens is 2. The summed E-state index contributed by atoms with van der Waals surface area (Å²) in [5, 5.41) is 5.24. The first kappa shape index (κ1) is 16.5. The molecule has 0 spiro atoms. The Hall–Kier alpha value is -0.880. The predicted molar refractivity (Wildman–Crippen MR) is 90.3 cm³/mol. The first-order valence-electron chi connectivity index (χ1n) is 6.91. The minimum atomic E-state index is -0.0594. The molecular weight excluding hydrogens is 352 g/mol. The lowest BCUT2D eigenvalue weighted by Crippen LogP contribution is -2.30. The smallest absolute Gasteiger partial charge is 0.0738 e. The van der Waals surface area contributed by atoms with E-state index < -0.39 is 0 Å². The Morgan fingerprint density at radius 3 is 2.71 bits per heavy atom. The van der Waals surface area contributed by atoms with Crippen LogP contribution in [-0.2, 0) is 13.0 Å². The van der Waals surface area contributed by atoms with Gasteiger partial charge in [-0.05, 0) is 53.9 Å². The van der Waals surface area contributed by atoms with Gasteiger partial charge in [-0.2, -0.15) is 5.10 Å². The molecule has 1 atom stereocenters. The Morgan fingerprint density at radius 2 is 2.14 bits per heavy atom. The molecular formula is C15H20BrClN4. The van der Waals surface area contributed by atoms with Crippen LogP contribution in [0, 0.1) is 13.8 Å². The number of hydrogen-bond donors (Lipinski definition) is 2. The van der Waals surface area contributed by atoms with Crippen molar-refractivity contribution in [3.8, 4) is 0 Å². The fraction of sp³-hybridized carbons (Fsp3) is 0.400. The monoisotopic (exact) mass is 370 g/mol. The van der Waals surface area contributed by atoms with Crippen LogP contribution < -0.4 is 11.3 Å². The van der Waals surface area contributed by atoms with E-state index >= 15 is 0 Å². The van der Waals surface area contributed by atoms with Crippen molar-refractivity contribution in [3.05, 3.63) is 50.2 Å². The minimum absolute atomic E-state index is 0.0594. The van der Waals surface area contributed by atoms with E-state index in [1.807, 2.05) is 36.7 Å². The van der Waals surface area contributed by atoms with Crippen molar-refractivity contribution in [2.45, 2.75) is 39.8 Å². The number of aromatic nitrogens is 2. The molecule has 1 unspecified atom stereocenters. The van der Waals surface area contributed by atoms with Crippen LogP contribution in [0.2, 0.25) is 5.02 Å². The Bertz CT molecular complexity index is 639. The number of rotatable bonds is 5. The third-order valence-corrected chi connectivity index (χ3v) is 4.94. The highest BCUT2D eigenvalue weighted by molar-refractivity contribution is 9.10. The SMILES string of the molecule is CCn1nc(C)c(Br)c1CC(NN)c1ccc(C)cc1Cl. The van der Waals surface area contributed by atoms with Crippen LogP contribution in [0.15, 0.2) is 22.7 Å². The van der Waals surface area contributed by atoms with E-state index in [-0.39, 0.29) is 6.04 Å². The molecule has 0 aliphatic heterocycles. The highest BCUT2D eigenvalue weighted by atomic mass is 79.9. The van der Waals surface area contributed by atoms with Gasteiger partial charge in [-0.3, -0.25) is 16.0 Å². The van der Waals surface area contributed by atoms with Gasteiger partial charge >= 0.3 is 0 Å². The van der Waals surface area contributed by atoms with E-state index in [2.05, 4.69) is 33.4 Å². The van der Waals surface area contributed by atoms with E-state index in [1.54, 1.807) is 0 Å². The largest absolute Gasteiger partial charge is 0.271 e. The van der Waals surface area contributed by atoms with E-state index in [0.717, 1.165) is 38.6 Å². The first-order valence-corrected chi connectivity index (χ1v) is 8.09. The van der Waals surface area contributed by atoms with Crippen molar-refractivity contribution < 1.29 is 0 Å². The van der Waals surface area contributed by atoms with Crippen LogP contribution in [0.5, 0.6) is 0 Å². The fourth-order valence-corrected chi connectivity index (χ4v) is 3.24. The van der Waals surface area contributed by atoms with Crippen LogP contribution in [0.3, 0.4) is 0 Å². The molecule has 0 bridgehead atoms. The van der Waals surface area contributed by atoms with Gasteiger partial charge in [0, 0.05) is 18.0 Å². The standard InChI is InChI=1S/C15H20BrClN4/c1-4-21-14(15(16)10(3)20-21)8-13(19-18)11-6-5-9(2)7-12(11)17/h5-7,13,19H,4,8,18H2,1-3H3. The predicted octanol–water partition coefficient (Wildman–Crippen LogP) is 3.68. The molecule has 2 aromatic rings. The molecule has 2 rings (SSSR count). The molecule has 1 aromatic heterocycles. The second-order valence-electron chi connectivity index (χ2n) is 5.11. The molecule has 0 fully saturated rings. The summed E-state index contributed by atoms with van der Waals surface area (Å²) in [6.45, 7) is 6.91. The highest BCUT2D eigenvalue weighted by Crippen LogP contribution is 2.30. The first-order chi connectivity index (χ1) is 9.97. The van der Waals surface area contributed by atoms with Gasteiger partial charge in [-0.1, -0.05) is 23.7 Å². The normalized spacial score (nSPS) is 12.7. The van der Waals surface area contributed by atoms with E-state index in [1.165, 1.54) is 0 Å². The topological polar surface area (TPSA) is 55.9 Å². The van der Waals surface area contributed by atoms with Crippen molar-refractivity contribution in [3.63, 3.8) is 0 Å². The number of nitrogens with one attached hydrogen (secondary N) is 1. The van der Waals surface area contributed by atoms with Crippen molar-refractivity contribution in [2.75, 3.05) is 0 Å².